The first-order valence-corrected chi connectivity index (χ1v) is 10.4. The summed E-state index contributed by atoms with van der Waals surface area (Å²) in [7, 11) is 0. The number of nitrogens with zero attached hydrogens (tertiary/aromatic N) is 1. The lowest BCUT2D eigenvalue weighted by atomic mass is 9.94. The lowest BCUT2D eigenvalue weighted by Gasteiger charge is -2.33. The van der Waals surface area contributed by atoms with E-state index in [1.54, 1.807) is 23.1 Å². The van der Waals surface area contributed by atoms with Crippen LogP contribution in [-0.2, 0) is 9.59 Å². The molecule has 0 saturated heterocycles. The zero-order valence-corrected chi connectivity index (χ0v) is 16.8. The Labute approximate surface area is 174 Å². The van der Waals surface area contributed by atoms with E-state index in [0.29, 0.717) is 28.6 Å². The fraction of sp³-hybridized carbons (Fsp3) is 0.391. The highest BCUT2D eigenvalue weighted by molar-refractivity contribution is 5.99. The molecule has 156 valence electrons. The lowest BCUT2D eigenvalue weighted by molar-refractivity contribution is -0.123. The van der Waals surface area contributed by atoms with Crippen LogP contribution in [0.5, 0.6) is 17.2 Å². The highest BCUT2D eigenvalue weighted by atomic mass is 16.7. The van der Waals surface area contributed by atoms with Crippen LogP contribution >= 0.6 is 0 Å². The van der Waals surface area contributed by atoms with Crippen LogP contribution in [0.4, 0.5) is 11.4 Å². The molecule has 1 N–H and O–H groups in total. The zero-order chi connectivity index (χ0) is 20.7. The van der Waals surface area contributed by atoms with Crippen molar-refractivity contribution in [2.24, 2.45) is 0 Å². The van der Waals surface area contributed by atoms with Gasteiger partial charge in [-0.3, -0.25) is 9.59 Å². The minimum atomic E-state index is -0.807. The Bertz CT molecular complexity index is 999. The van der Waals surface area contributed by atoms with Crippen LogP contribution in [0.15, 0.2) is 42.5 Å². The van der Waals surface area contributed by atoms with E-state index in [9.17, 15) is 9.59 Å². The van der Waals surface area contributed by atoms with Crippen LogP contribution in [0.1, 0.15) is 39.0 Å². The van der Waals surface area contributed by atoms with E-state index < -0.39 is 11.9 Å². The fourth-order valence-corrected chi connectivity index (χ4v) is 4.36. The number of carbonyl (C=O) groups is 2. The Balaban J connectivity index is 1.31. The minimum absolute atomic E-state index is 0.135. The maximum atomic E-state index is 12.9. The van der Waals surface area contributed by atoms with Crippen LogP contribution in [0.2, 0.25) is 0 Å². The quantitative estimate of drug-likeness (QED) is 0.816. The normalized spacial score (nSPS) is 21.0. The number of anilines is 2. The number of hydrogen-bond donors (Lipinski definition) is 1. The van der Waals surface area contributed by atoms with Crippen molar-refractivity contribution in [1.29, 1.82) is 0 Å². The summed E-state index contributed by atoms with van der Waals surface area (Å²) >= 11 is 0. The summed E-state index contributed by atoms with van der Waals surface area (Å²) < 4.78 is 18.1. The molecule has 0 bridgehead atoms. The summed E-state index contributed by atoms with van der Waals surface area (Å²) in [6.45, 7) is 1.64. The summed E-state index contributed by atoms with van der Waals surface area (Å²) in [5.41, 5.74) is 1.28. The molecule has 30 heavy (non-hydrogen) atoms. The zero-order valence-electron chi connectivity index (χ0n) is 16.8. The largest absolute Gasteiger partial charge is 0.476 e. The minimum Gasteiger partial charge on any atom is -0.476 e. The molecule has 3 aliphatic rings. The molecular weight excluding hydrogens is 384 g/mol. The van der Waals surface area contributed by atoms with E-state index in [-0.39, 0.29) is 18.4 Å². The monoisotopic (exact) mass is 408 g/mol. The topological polar surface area (TPSA) is 77.1 Å². The first kappa shape index (κ1) is 18.8. The highest BCUT2D eigenvalue weighted by Crippen LogP contribution is 2.46. The number of carbonyl (C=O) groups excluding carboxylic acids is 2. The highest BCUT2D eigenvalue weighted by Gasteiger charge is 2.42. The number of fused-ring (bicyclic) bond motifs is 2. The van der Waals surface area contributed by atoms with Gasteiger partial charge in [0, 0.05) is 31.5 Å². The molecule has 1 fully saturated rings. The van der Waals surface area contributed by atoms with Crippen molar-refractivity contribution in [1.82, 2.24) is 0 Å². The Hall–Kier alpha value is -3.22. The van der Waals surface area contributed by atoms with Gasteiger partial charge >= 0.3 is 0 Å². The molecule has 7 nitrogen and oxygen atoms in total. The standard InChI is InChI=1S/C23H24N2O5/c1-15(26)25-14-21(28-18-8-4-3-7-17(18)25)22(27)24-16-9-10-19-20(13-16)30-23(29-19)11-5-2-6-12-23/h3-4,7-10,13,21H,2,5-6,11-12,14H2,1H3,(H,24,27). The molecule has 1 aliphatic carbocycles. The average molecular weight is 408 g/mol. The van der Waals surface area contributed by atoms with Gasteiger partial charge in [-0.05, 0) is 37.1 Å². The Kier molecular flexibility index (Phi) is 4.53. The summed E-state index contributed by atoms with van der Waals surface area (Å²) in [6.07, 6.45) is 4.32. The van der Waals surface area contributed by atoms with Gasteiger partial charge in [-0.15, -0.1) is 0 Å². The average Bonchev–Trinajstić information content (AvgIpc) is 3.09. The Morgan fingerprint density at radius 3 is 2.57 bits per heavy atom. The molecule has 0 aromatic heterocycles. The van der Waals surface area contributed by atoms with Gasteiger partial charge in [0.1, 0.15) is 5.75 Å². The van der Waals surface area contributed by atoms with E-state index in [1.165, 1.54) is 13.3 Å². The number of para-hydroxylation sites is 2. The third-order valence-corrected chi connectivity index (χ3v) is 5.86. The number of hydrogen-bond acceptors (Lipinski definition) is 5. The molecule has 0 radical (unpaired) electrons. The number of rotatable bonds is 2. The third-order valence-electron chi connectivity index (χ3n) is 5.86. The molecule has 7 heteroatoms. The van der Waals surface area contributed by atoms with Crippen molar-refractivity contribution in [3.8, 4) is 17.2 Å². The third kappa shape index (κ3) is 3.34. The number of nitrogens with one attached hydrogen (secondary N) is 1. The Morgan fingerprint density at radius 1 is 1.00 bits per heavy atom. The molecular formula is C23H24N2O5. The molecule has 2 amide bonds. The van der Waals surface area contributed by atoms with Crippen molar-refractivity contribution in [2.45, 2.75) is 50.9 Å². The number of benzene rings is 2. The summed E-state index contributed by atoms with van der Waals surface area (Å²) in [4.78, 5) is 26.5. The number of amides is 2. The van der Waals surface area contributed by atoms with Crippen molar-refractivity contribution in [2.75, 3.05) is 16.8 Å². The maximum absolute atomic E-state index is 12.9. The predicted molar refractivity (Wildman–Crippen MR) is 111 cm³/mol. The first-order valence-electron chi connectivity index (χ1n) is 10.4. The van der Waals surface area contributed by atoms with E-state index in [1.807, 2.05) is 24.3 Å². The maximum Gasteiger partial charge on any atom is 0.267 e. The van der Waals surface area contributed by atoms with E-state index >= 15 is 0 Å². The van der Waals surface area contributed by atoms with Gasteiger partial charge in [0.05, 0.1) is 12.2 Å². The predicted octanol–water partition coefficient (Wildman–Crippen LogP) is 3.87. The van der Waals surface area contributed by atoms with Crippen LogP contribution in [-0.4, -0.2) is 30.3 Å². The van der Waals surface area contributed by atoms with Gasteiger partial charge in [0.2, 0.25) is 5.91 Å². The fourth-order valence-electron chi connectivity index (χ4n) is 4.36. The van der Waals surface area contributed by atoms with Crippen molar-refractivity contribution in [3.63, 3.8) is 0 Å². The van der Waals surface area contributed by atoms with Gasteiger partial charge in [0.25, 0.3) is 11.7 Å². The van der Waals surface area contributed by atoms with Gasteiger partial charge in [-0.1, -0.05) is 18.6 Å². The molecule has 2 heterocycles. The smallest absolute Gasteiger partial charge is 0.267 e. The van der Waals surface area contributed by atoms with Crippen LogP contribution in [0.25, 0.3) is 0 Å². The summed E-state index contributed by atoms with van der Waals surface area (Å²) in [5, 5.41) is 2.89. The van der Waals surface area contributed by atoms with Crippen molar-refractivity contribution >= 4 is 23.2 Å². The van der Waals surface area contributed by atoms with Gasteiger partial charge in [-0.25, -0.2) is 0 Å². The summed E-state index contributed by atoms with van der Waals surface area (Å²) in [5.74, 6) is 0.868. The van der Waals surface area contributed by atoms with Crippen LogP contribution in [0.3, 0.4) is 0 Å². The van der Waals surface area contributed by atoms with Gasteiger partial charge in [-0.2, -0.15) is 0 Å². The van der Waals surface area contributed by atoms with E-state index in [0.717, 1.165) is 25.7 Å². The molecule has 2 aromatic carbocycles. The molecule has 5 rings (SSSR count). The summed E-state index contributed by atoms with van der Waals surface area (Å²) in [6, 6.07) is 12.6. The number of ether oxygens (including phenoxy) is 3. The second-order valence-electron chi connectivity index (χ2n) is 8.03. The van der Waals surface area contributed by atoms with Crippen molar-refractivity contribution < 1.29 is 23.8 Å². The molecule has 1 saturated carbocycles. The molecule has 1 spiro atoms. The second-order valence-corrected chi connectivity index (χ2v) is 8.03. The molecule has 2 aromatic rings. The van der Waals surface area contributed by atoms with Gasteiger partial charge < -0.3 is 24.4 Å². The first-order chi connectivity index (χ1) is 14.5. The Morgan fingerprint density at radius 2 is 1.77 bits per heavy atom. The molecule has 2 aliphatic heterocycles. The van der Waals surface area contributed by atoms with Crippen LogP contribution in [0, 0.1) is 0 Å². The SMILES string of the molecule is CC(=O)N1CC(C(=O)Nc2ccc3c(c2)OC2(CCCCC2)O3)Oc2ccccc21. The molecule has 1 atom stereocenters. The lowest BCUT2D eigenvalue weighted by Crippen LogP contribution is -2.48. The molecule has 1 unspecified atom stereocenters. The second kappa shape index (κ2) is 7.23. The van der Waals surface area contributed by atoms with Crippen LogP contribution < -0.4 is 24.4 Å². The van der Waals surface area contributed by atoms with E-state index in [4.69, 9.17) is 14.2 Å². The van der Waals surface area contributed by atoms with E-state index in [2.05, 4.69) is 5.32 Å². The van der Waals surface area contributed by atoms with Gasteiger partial charge in [0.15, 0.2) is 17.6 Å². The van der Waals surface area contributed by atoms with Crippen molar-refractivity contribution in [3.05, 3.63) is 42.5 Å².